The monoisotopic (exact) mass is 757 g/mol. The minimum atomic E-state index is -4.28. The van der Waals surface area contributed by atoms with Crippen LogP contribution in [0.25, 0.3) is 0 Å². The van der Waals surface area contributed by atoms with Gasteiger partial charge in [-0.15, -0.1) is 0 Å². The van der Waals surface area contributed by atoms with E-state index in [1.54, 1.807) is 54.6 Å². The van der Waals surface area contributed by atoms with Crippen LogP contribution in [0.3, 0.4) is 0 Å². The van der Waals surface area contributed by atoms with Crippen molar-refractivity contribution in [2.45, 2.75) is 44.7 Å². The van der Waals surface area contributed by atoms with Crippen LogP contribution in [0.5, 0.6) is 11.5 Å². The van der Waals surface area contributed by atoms with Crippen molar-refractivity contribution in [2.75, 3.05) is 17.4 Å². The normalized spacial score (nSPS) is 11.9. The first-order valence-electron chi connectivity index (χ1n) is 16.9. The lowest BCUT2D eigenvalue weighted by molar-refractivity contribution is -0.140. The summed E-state index contributed by atoms with van der Waals surface area (Å²) in [6.07, 6.45) is 0.189. The van der Waals surface area contributed by atoms with Crippen molar-refractivity contribution in [3.05, 3.63) is 154 Å². The highest BCUT2D eigenvalue weighted by molar-refractivity contribution is 7.92. The quantitative estimate of drug-likeness (QED) is 0.115. The van der Waals surface area contributed by atoms with Crippen molar-refractivity contribution < 1.29 is 22.7 Å². The minimum absolute atomic E-state index is 0.0158. The van der Waals surface area contributed by atoms with Gasteiger partial charge in [0.1, 0.15) is 24.1 Å². The Labute approximate surface area is 316 Å². The zero-order valence-corrected chi connectivity index (χ0v) is 31.5. The third kappa shape index (κ3) is 10.2. The highest BCUT2D eigenvalue weighted by atomic mass is 35.5. The van der Waals surface area contributed by atoms with Gasteiger partial charge in [-0.05, 0) is 84.6 Å². The van der Waals surface area contributed by atoms with Crippen LogP contribution in [0.15, 0.2) is 132 Å². The molecule has 52 heavy (non-hydrogen) atoms. The Hall–Kier alpha value is -4.83. The molecule has 8 nitrogen and oxygen atoms in total. The molecule has 0 spiro atoms. The van der Waals surface area contributed by atoms with E-state index in [1.807, 2.05) is 81.4 Å². The Kier molecular flexibility index (Phi) is 13.0. The molecule has 270 valence electrons. The third-order valence-corrected chi connectivity index (χ3v) is 10.8. The molecule has 2 amide bonds. The molecule has 0 saturated heterocycles. The highest BCUT2D eigenvalue weighted by Gasteiger charge is 2.35. The van der Waals surface area contributed by atoms with E-state index in [4.69, 9.17) is 27.9 Å². The van der Waals surface area contributed by atoms with Crippen LogP contribution in [0, 0.1) is 12.8 Å². The molecular weight excluding hydrogens is 717 g/mol. The molecule has 0 aliphatic rings. The summed E-state index contributed by atoms with van der Waals surface area (Å²) in [6.45, 7) is 5.58. The van der Waals surface area contributed by atoms with Gasteiger partial charge in [-0.2, -0.15) is 0 Å². The van der Waals surface area contributed by atoms with Gasteiger partial charge >= 0.3 is 0 Å². The van der Waals surface area contributed by atoms with E-state index in [9.17, 15) is 18.0 Å². The van der Waals surface area contributed by atoms with E-state index in [0.717, 1.165) is 15.4 Å². The standard InChI is InChI=1S/C41H41Cl2N3O5S/c1-29(2)26-44-41(48)39(25-31-10-6-4-7-11-31)45(27-32-16-23-37(42)38(43)24-32)40(47)28-46(52(49,50)36-21-14-30(3)15-22-36)33-17-19-35(20-18-33)51-34-12-8-5-9-13-34/h4-24,29,39H,25-28H2,1-3H3,(H,44,48)/t39-/m0/s1. The van der Waals surface area contributed by atoms with Gasteiger partial charge in [0.25, 0.3) is 10.0 Å². The van der Waals surface area contributed by atoms with Gasteiger partial charge in [-0.3, -0.25) is 13.9 Å². The summed E-state index contributed by atoms with van der Waals surface area (Å²) in [5.74, 6) is 0.311. The summed E-state index contributed by atoms with van der Waals surface area (Å²) in [4.78, 5) is 30.2. The summed E-state index contributed by atoms with van der Waals surface area (Å²) in [6, 6.07) is 35.5. The van der Waals surface area contributed by atoms with E-state index in [-0.39, 0.29) is 40.4 Å². The van der Waals surface area contributed by atoms with E-state index < -0.39 is 28.5 Å². The molecule has 1 N–H and O–H groups in total. The number of nitrogens with one attached hydrogen (secondary N) is 1. The molecule has 0 heterocycles. The maximum atomic E-state index is 14.8. The lowest BCUT2D eigenvalue weighted by Crippen LogP contribution is -2.53. The predicted molar refractivity (Wildman–Crippen MR) is 207 cm³/mol. The number of sulfonamides is 1. The Morgan fingerprint density at radius 2 is 1.37 bits per heavy atom. The van der Waals surface area contributed by atoms with Crippen molar-refractivity contribution in [1.82, 2.24) is 10.2 Å². The van der Waals surface area contributed by atoms with Crippen LogP contribution in [0.2, 0.25) is 10.0 Å². The zero-order chi connectivity index (χ0) is 37.3. The van der Waals surface area contributed by atoms with Crippen LogP contribution >= 0.6 is 23.2 Å². The van der Waals surface area contributed by atoms with Gasteiger partial charge in [0.2, 0.25) is 11.8 Å². The number of anilines is 1. The van der Waals surface area contributed by atoms with Gasteiger partial charge in [-0.1, -0.05) is 109 Å². The van der Waals surface area contributed by atoms with Crippen LogP contribution in [0.4, 0.5) is 5.69 Å². The molecule has 0 bridgehead atoms. The molecule has 0 fully saturated rings. The molecule has 0 aromatic heterocycles. The number of hydrogen-bond acceptors (Lipinski definition) is 5. The third-order valence-electron chi connectivity index (χ3n) is 8.28. The number of nitrogens with zero attached hydrogens (tertiary/aromatic N) is 2. The number of amides is 2. The maximum Gasteiger partial charge on any atom is 0.264 e. The minimum Gasteiger partial charge on any atom is -0.457 e. The number of carbonyl (C=O) groups is 2. The van der Waals surface area contributed by atoms with E-state index in [2.05, 4.69) is 5.32 Å². The molecule has 5 aromatic carbocycles. The Morgan fingerprint density at radius 3 is 1.98 bits per heavy atom. The van der Waals surface area contributed by atoms with Crippen molar-refractivity contribution in [3.8, 4) is 11.5 Å². The number of hydrogen-bond donors (Lipinski definition) is 1. The Balaban J connectivity index is 1.57. The lowest BCUT2D eigenvalue weighted by Gasteiger charge is -2.34. The number of halogens is 2. The van der Waals surface area contributed by atoms with Gasteiger partial charge in [0.15, 0.2) is 0 Å². The first kappa shape index (κ1) is 38.4. The van der Waals surface area contributed by atoms with Gasteiger partial charge in [0.05, 0.1) is 20.6 Å². The summed E-state index contributed by atoms with van der Waals surface area (Å²) in [7, 11) is -4.28. The molecule has 5 aromatic rings. The second kappa shape index (κ2) is 17.6. The number of ether oxygens (including phenoxy) is 1. The average Bonchev–Trinajstić information content (AvgIpc) is 3.13. The van der Waals surface area contributed by atoms with E-state index in [0.29, 0.717) is 28.6 Å². The summed E-state index contributed by atoms with van der Waals surface area (Å²) in [5.41, 5.74) is 2.57. The topological polar surface area (TPSA) is 96.0 Å². The van der Waals surface area contributed by atoms with Crippen LogP contribution in [-0.2, 0) is 32.6 Å². The summed E-state index contributed by atoms with van der Waals surface area (Å²) in [5, 5.41) is 3.62. The summed E-state index contributed by atoms with van der Waals surface area (Å²) < 4.78 is 35.8. The van der Waals surface area contributed by atoms with Crippen molar-refractivity contribution in [2.24, 2.45) is 5.92 Å². The first-order valence-corrected chi connectivity index (χ1v) is 19.1. The largest absolute Gasteiger partial charge is 0.457 e. The number of aryl methyl sites for hydroxylation is 1. The lowest BCUT2D eigenvalue weighted by atomic mass is 10.0. The molecule has 1 atom stereocenters. The van der Waals surface area contributed by atoms with Crippen molar-refractivity contribution in [1.29, 1.82) is 0 Å². The molecule has 0 unspecified atom stereocenters. The van der Waals surface area contributed by atoms with Crippen molar-refractivity contribution >= 4 is 50.7 Å². The summed E-state index contributed by atoms with van der Waals surface area (Å²) >= 11 is 12.6. The van der Waals surface area contributed by atoms with E-state index >= 15 is 0 Å². The second-order valence-corrected chi connectivity index (χ2v) is 15.5. The first-order chi connectivity index (χ1) is 24.9. The Bertz CT molecular complexity index is 2060. The van der Waals surface area contributed by atoms with Crippen LogP contribution < -0.4 is 14.4 Å². The fourth-order valence-electron chi connectivity index (χ4n) is 5.48. The molecule has 0 aliphatic carbocycles. The SMILES string of the molecule is Cc1ccc(S(=O)(=O)N(CC(=O)N(Cc2ccc(Cl)c(Cl)c2)[C@@H](Cc2ccccc2)C(=O)NCC(C)C)c2ccc(Oc3ccccc3)cc2)cc1. The zero-order valence-electron chi connectivity index (χ0n) is 29.2. The Morgan fingerprint density at radius 1 is 0.750 bits per heavy atom. The molecule has 0 radical (unpaired) electrons. The highest BCUT2D eigenvalue weighted by Crippen LogP contribution is 2.30. The fourth-order valence-corrected chi connectivity index (χ4v) is 7.22. The molecule has 5 rings (SSSR count). The van der Waals surface area contributed by atoms with Gasteiger partial charge in [-0.25, -0.2) is 8.42 Å². The number of para-hydroxylation sites is 1. The number of carbonyl (C=O) groups excluding carboxylic acids is 2. The van der Waals surface area contributed by atoms with Crippen molar-refractivity contribution in [3.63, 3.8) is 0 Å². The number of benzene rings is 5. The molecule has 11 heteroatoms. The molecule has 0 saturated carbocycles. The van der Waals surface area contributed by atoms with Crippen LogP contribution in [-0.4, -0.2) is 44.3 Å². The maximum absolute atomic E-state index is 14.8. The molecular formula is C41H41Cl2N3O5S. The van der Waals surface area contributed by atoms with Crippen LogP contribution in [0.1, 0.15) is 30.5 Å². The smallest absolute Gasteiger partial charge is 0.264 e. The second-order valence-electron chi connectivity index (χ2n) is 12.8. The number of rotatable bonds is 15. The van der Waals surface area contributed by atoms with Gasteiger partial charge in [0, 0.05) is 19.5 Å². The molecule has 0 aliphatic heterocycles. The fraction of sp³-hybridized carbons (Fsp3) is 0.220. The van der Waals surface area contributed by atoms with E-state index in [1.165, 1.54) is 17.0 Å². The average molecular weight is 759 g/mol. The predicted octanol–water partition coefficient (Wildman–Crippen LogP) is 8.70. The van der Waals surface area contributed by atoms with Gasteiger partial charge < -0.3 is 15.0 Å².